The molecule has 0 radical (unpaired) electrons. The van der Waals surface area contributed by atoms with Crippen molar-refractivity contribution in [3.8, 4) is 0 Å². The number of carbonyl (C=O) groups is 2. The molecule has 126 valence electrons. The van der Waals surface area contributed by atoms with Crippen LogP contribution in [0.5, 0.6) is 0 Å². The summed E-state index contributed by atoms with van der Waals surface area (Å²) in [5, 5.41) is 2.57. The Morgan fingerprint density at radius 1 is 1.25 bits per heavy atom. The fourth-order valence-electron chi connectivity index (χ4n) is 1.92. The number of carbonyl (C=O) groups excluding carboxylic acids is 2. The highest BCUT2D eigenvalue weighted by molar-refractivity contribution is 7.98. The van der Waals surface area contributed by atoms with Crippen LogP contribution in [0.15, 0.2) is 47.4 Å². The number of nitrogens with one attached hydrogen (secondary N) is 1. The van der Waals surface area contributed by atoms with E-state index in [4.69, 9.17) is 16.3 Å². The van der Waals surface area contributed by atoms with Gasteiger partial charge in [-0.15, -0.1) is 11.8 Å². The van der Waals surface area contributed by atoms with Crippen molar-refractivity contribution in [1.82, 2.24) is 0 Å². The third kappa shape index (κ3) is 4.49. The fourth-order valence-corrected chi connectivity index (χ4v) is 2.72. The minimum Gasteiger partial charge on any atom is -0.449 e. The van der Waals surface area contributed by atoms with Crippen LogP contribution in [0.3, 0.4) is 0 Å². The summed E-state index contributed by atoms with van der Waals surface area (Å²) in [6.45, 7) is 1.45. The molecule has 0 saturated carbocycles. The molecule has 0 aliphatic carbocycles. The molecule has 2 aromatic carbocycles. The molecule has 2 rings (SSSR count). The third-order valence-corrected chi connectivity index (χ3v) is 4.28. The number of amides is 1. The molecule has 0 fully saturated rings. The van der Waals surface area contributed by atoms with E-state index >= 15 is 0 Å². The molecule has 0 aliphatic heterocycles. The SMILES string of the molecule is CSc1ccccc1C(=O)O[C@@H](C)C(=O)Nc1ccc(F)cc1Cl. The van der Waals surface area contributed by atoms with Crippen LogP contribution in [0.25, 0.3) is 0 Å². The Morgan fingerprint density at radius 2 is 1.96 bits per heavy atom. The Bertz CT molecular complexity index is 769. The number of esters is 1. The first-order valence-electron chi connectivity index (χ1n) is 7.02. The summed E-state index contributed by atoms with van der Waals surface area (Å²) in [6.07, 6.45) is 0.812. The van der Waals surface area contributed by atoms with Gasteiger partial charge in [-0.25, -0.2) is 9.18 Å². The predicted molar refractivity (Wildman–Crippen MR) is 93.1 cm³/mol. The van der Waals surface area contributed by atoms with Gasteiger partial charge in [0.2, 0.25) is 0 Å². The van der Waals surface area contributed by atoms with Crippen LogP contribution in [-0.4, -0.2) is 24.2 Å². The average Bonchev–Trinajstić information content (AvgIpc) is 2.57. The lowest BCUT2D eigenvalue weighted by Crippen LogP contribution is -2.30. The molecule has 1 atom stereocenters. The summed E-state index contributed by atoms with van der Waals surface area (Å²) in [7, 11) is 0. The molecule has 1 amide bonds. The van der Waals surface area contributed by atoms with Gasteiger partial charge in [0.15, 0.2) is 6.10 Å². The number of thioether (sulfide) groups is 1. The second-order valence-corrected chi connectivity index (χ2v) is 6.12. The van der Waals surface area contributed by atoms with E-state index in [1.807, 2.05) is 12.3 Å². The Balaban J connectivity index is 2.04. The van der Waals surface area contributed by atoms with Gasteiger partial charge >= 0.3 is 5.97 Å². The molecule has 24 heavy (non-hydrogen) atoms. The first-order valence-corrected chi connectivity index (χ1v) is 8.62. The first-order chi connectivity index (χ1) is 11.4. The van der Waals surface area contributed by atoms with Crippen molar-refractivity contribution in [2.75, 3.05) is 11.6 Å². The molecule has 0 aromatic heterocycles. The molecule has 4 nitrogen and oxygen atoms in total. The zero-order valence-corrected chi connectivity index (χ0v) is 14.6. The number of anilines is 1. The van der Waals surface area contributed by atoms with E-state index in [0.717, 1.165) is 11.0 Å². The van der Waals surface area contributed by atoms with Gasteiger partial charge in [0.25, 0.3) is 5.91 Å². The summed E-state index contributed by atoms with van der Waals surface area (Å²) in [4.78, 5) is 25.1. The lowest BCUT2D eigenvalue weighted by Gasteiger charge is -2.15. The Labute approximate surface area is 148 Å². The molecule has 2 aromatic rings. The van der Waals surface area contributed by atoms with Crippen LogP contribution in [-0.2, 0) is 9.53 Å². The molecule has 0 bridgehead atoms. The normalized spacial score (nSPS) is 11.7. The summed E-state index contributed by atoms with van der Waals surface area (Å²) in [6, 6.07) is 10.6. The lowest BCUT2D eigenvalue weighted by atomic mass is 10.2. The maximum Gasteiger partial charge on any atom is 0.340 e. The zero-order valence-electron chi connectivity index (χ0n) is 13.0. The largest absolute Gasteiger partial charge is 0.449 e. The average molecular weight is 368 g/mol. The van der Waals surface area contributed by atoms with Crippen molar-refractivity contribution in [3.05, 3.63) is 58.9 Å². The maximum absolute atomic E-state index is 13.0. The van der Waals surface area contributed by atoms with E-state index in [1.54, 1.807) is 18.2 Å². The van der Waals surface area contributed by atoms with Crippen LogP contribution in [0.1, 0.15) is 17.3 Å². The standard InChI is InChI=1S/C17H15ClFNO3S/c1-10(16(21)20-14-8-7-11(19)9-13(14)18)23-17(22)12-5-3-4-6-15(12)24-2/h3-10H,1-2H3,(H,20,21)/t10-/m0/s1. The molecule has 0 spiro atoms. The Hall–Kier alpha value is -2.05. The van der Waals surface area contributed by atoms with Gasteiger partial charge in [-0.2, -0.15) is 0 Å². The summed E-state index contributed by atoms with van der Waals surface area (Å²) >= 11 is 7.27. The number of hydrogen-bond donors (Lipinski definition) is 1. The van der Waals surface area contributed by atoms with Crippen molar-refractivity contribution in [2.24, 2.45) is 0 Å². The quantitative estimate of drug-likeness (QED) is 0.629. The highest BCUT2D eigenvalue weighted by Crippen LogP contribution is 2.23. The van der Waals surface area contributed by atoms with E-state index in [9.17, 15) is 14.0 Å². The molecule has 1 N–H and O–H groups in total. The summed E-state index contributed by atoms with van der Waals surface area (Å²) in [5.41, 5.74) is 0.639. The summed E-state index contributed by atoms with van der Waals surface area (Å²) in [5.74, 6) is -1.66. The molecule has 0 aliphatic rings. The van der Waals surface area contributed by atoms with Crippen LogP contribution in [0.2, 0.25) is 5.02 Å². The van der Waals surface area contributed by atoms with Gasteiger partial charge in [0.05, 0.1) is 16.3 Å². The van der Waals surface area contributed by atoms with Gasteiger partial charge in [-0.05, 0) is 43.5 Å². The fraction of sp³-hybridized carbons (Fsp3) is 0.176. The molecular weight excluding hydrogens is 353 g/mol. The second kappa shape index (κ2) is 8.17. The molecule has 0 heterocycles. The van der Waals surface area contributed by atoms with Crippen LogP contribution < -0.4 is 5.32 Å². The van der Waals surface area contributed by atoms with Crippen molar-refractivity contribution in [1.29, 1.82) is 0 Å². The molecular formula is C17H15ClFNO3S. The zero-order chi connectivity index (χ0) is 17.7. The van der Waals surface area contributed by atoms with Crippen molar-refractivity contribution in [2.45, 2.75) is 17.9 Å². The smallest absolute Gasteiger partial charge is 0.340 e. The van der Waals surface area contributed by atoms with E-state index in [2.05, 4.69) is 5.32 Å². The van der Waals surface area contributed by atoms with Crippen LogP contribution >= 0.6 is 23.4 Å². The number of hydrogen-bond acceptors (Lipinski definition) is 4. The molecule has 0 unspecified atom stereocenters. The highest BCUT2D eigenvalue weighted by Gasteiger charge is 2.21. The van der Waals surface area contributed by atoms with Crippen molar-refractivity contribution in [3.63, 3.8) is 0 Å². The Kier molecular flexibility index (Phi) is 6.23. The molecule has 7 heteroatoms. The third-order valence-electron chi connectivity index (χ3n) is 3.17. The van der Waals surface area contributed by atoms with E-state index < -0.39 is 23.8 Å². The first kappa shape index (κ1) is 18.3. The lowest BCUT2D eigenvalue weighted by molar-refractivity contribution is -0.123. The number of ether oxygens (including phenoxy) is 1. The number of rotatable bonds is 5. The van der Waals surface area contributed by atoms with E-state index in [1.165, 1.54) is 30.8 Å². The van der Waals surface area contributed by atoms with Gasteiger partial charge in [0.1, 0.15) is 5.82 Å². The monoisotopic (exact) mass is 367 g/mol. The molecule has 0 saturated heterocycles. The predicted octanol–water partition coefficient (Wildman–Crippen LogP) is 4.39. The van der Waals surface area contributed by atoms with Gasteiger partial charge < -0.3 is 10.1 Å². The van der Waals surface area contributed by atoms with E-state index in [-0.39, 0.29) is 10.7 Å². The van der Waals surface area contributed by atoms with Crippen LogP contribution in [0.4, 0.5) is 10.1 Å². The minimum atomic E-state index is -1.03. The van der Waals surface area contributed by atoms with E-state index in [0.29, 0.717) is 5.56 Å². The van der Waals surface area contributed by atoms with Crippen LogP contribution in [0, 0.1) is 5.82 Å². The van der Waals surface area contributed by atoms with Gasteiger partial charge in [-0.1, -0.05) is 23.7 Å². The second-order valence-electron chi connectivity index (χ2n) is 4.86. The topological polar surface area (TPSA) is 55.4 Å². The maximum atomic E-state index is 13.0. The number of halogens is 2. The Morgan fingerprint density at radius 3 is 2.62 bits per heavy atom. The van der Waals surface area contributed by atoms with Gasteiger partial charge in [0, 0.05) is 4.90 Å². The highest BCUT2D eigenvalue weighted by atomic mass is 35.5. The minimum absolute atomic E-state index is 0.0644. The van der Waals surface area contributed by atoms with Crippen molar-refractivity contribution < 1.29 is 18.7 Å². The summed E-state index contributed by atoms with van der Waals surface area (Å²) < 4.78 is 18.2. The van der Waals surface area contributed by atoms with Crippen molar-refractivity contribution >= 4 is 40.9 Å². The van der Waals surface area contributed by atoms with Gasteiger partial charge in [-0.3, -0.25) is 4.79 Å². The number of benzene rings is 2.